The van der Waals surface area contributed by atoms with Gasteiger partial charge in [0.1, 0.15) is 13.2 Å². The molecular formula is C29H56NO6P. The molecule has 0 aromatic heterocycles. The Labute approximate surface area is 228 Å². The summed E-state index contributed by atoms with van der Waals surface area (Å²) in [6, 6.07) is 0. The van der Waals surface area contributed by atoms with Gasteiger partial charge in [0, 0.05) is 12.8 Å². The van der Waals surface area contributed by atoms with E-state index in [0.717, 1.165) is 51.5 Å². The average Bonchev–Trinajstić information content (AvgIpc) is 2.89. The molecule has 0 radical (unpaired) electrons. The van der Waals surface area contributed by atoms with Gasteiger partial charge in [-0.2, -0.15) is 0 Å². The summed E-state index contributed by atoms with van der Waals surface area (Å²) in [5.41, 5.74) is 5.50. The van der Waals surface area contributed by atoms with E-state index in [-0.39, 0.29) is 25.2 Å². The Kier molecular flexibility index (Phi) is 28.7. The van der Waals surface area contributed by atoms with Crippen molar-refractivity contribution in [1.82, 2.24) is 0 Å². The normalized spacial score (nSPS) is 12.1. The molecule has 0 bridgehead atoms. The van der Waals surface area contributed by atoms with Gasteiger partial charge in [0.15, 0.2) is 6.10 Å². The molecule has 0 aromatic carbocycles. The van der Waals surface area contributed by atoms with Crippen LogP contribution in [-0.2, 0) is 28.2 Å². The minimum absolute atomic E-state index is 0.0612. The van der Waals surface area contributed by atoms with E-state index in [4.69, 9.17) is 19.7 Å². The Hall–Kier alpha value is -1.04. The number of esters is 2. The van der Waals surface area contributed by atoms with Gasteiger partial charge in [-0.15, -0.1) is 0 Å². The van der Waals surface area contributed by atoms with Crippen LogP contribution < -0.4 is 5.73 Å². The smallest absolute Gasteiger partial charge is 0.327 e. The summed E-state index contributed by atoms with van der Waals surface area (Å²) in [6.07, 6.45) is 23.6. The molecule has 7 nitrogen and oxygen atoms in total. The topological polar surface area (TPSA) is 105 Å². The first-order chi connectivity index (χ1) is 18.1. The molecule has 8 heteroatoms. The third kappa shape index (κ3) is 27.8. The second kappa shape index (κ2) is 29.5. The monoisotopic (exact) mass is 545 g/mol. The fourth-order valence-corrected chi connectivity index (χ4v) is 4.54. The first-order valence-electron chi connectivity index (χ1n) is 15.1. The minimum atomic E-state index is -0.731. The van der Waals surface area contributed by atoms with Crippen molar-refractivity contribution in [2.45, 2.75) is 154 Å². The number of unbranched alkanes of at least 4 members (excludes halogenated alkanes) is 18. The predicted molar refractivity (Wildman–Crippen MR) is 151 cm³/mol. The lowest BCUT2D eigenvalue weighted by atomic mass is 10.1. The molecule has 0 amide bonds. The van der Waals surface area contributed by atoms with E-state index < -0.39 is 14.8 Å². The Balaban J connectivity index is 3.80. The summed E-state index contributed by atoms with van der Waals surface area (Å²) in [7, 11) is -0.486. The third-order valence-electron chi connectivity index (χ3n) is 6.61. The maximum atomic E-state index is 12.2. The molecule has 0 saturated heterocycles. The third-order valence-corrected chi connectivity index (χ3v) is 6.87. The molecule has 0 rings (SSSR count). The van der Waals surface area contributed by atoms with Crippen molar-refractivity contribution in [3.8, 4) is 0 Å². The standard InChI is InChI=1S/C29H56NO6P/c1-2-3-4-5-6-7-10-14-17-20-23-29(32)36-27(26-35-37-33)25-34-28(31)22-19-16-13-11-8-9-12-15-18-21-24-30/h27H,2-26,30H2,1H3/t27-/m1/s1. The Morgan fingerprint density at radius 1 is 0.622 bits per heavy atom. The lowest BCUT2D eigenvalue weighted by molar-refractivity contribution is -0.160. The van der Waals surface area contributed by atoms with Crippen molar-refractivity contribution in [2.24, 2.45) is 5.73 Å². The zero-order chi connectivity index (χ0) is 27.2. The SMILES string of the molecule is CCCCCCCCCCCCC(=O)O[C@@H](COP=O)COC(=O)CCCCCCCCCCCCN. The van der Waals surface area contributed by atoms with Gasteiger partial charge < -0.3 is 15.2 Å². The Morgan fingerprint density at radius 3 is 1.51 bits per heavy atom. The molecule has 0 unspecified atom stereocenters. The van der Waals surface area contributed by atoms with Gasteiger partial charge in [-0.1, -0.05) is 116 Å². The zero-order valence-electron chi connectivity index (χ0n) is 23.7. The molecule has 0 aliphatic rings. The number of nitrogens with two attached hydrogens (primary N) is 1. The summed E-state index contributed by atoms with van der Waals surface area (Å²) >= 11 is 0. The van der Waals surface area contributed by atoms with Gasteiger partial charge in [-0.05, 0) is 25.8 Å². The zero-order valence-corrected chi connectivity index (χ0v) is 24.6. The minimum Gasteiger partial charge on any atom is -0.462 e. The van der Waals surface area contributed by atoms with E-state index in [2.05, 4.69) is 6.92 Å². The van der Waals surface area contributed by atoms with Gasteiger partial charge in [0.2, 0.25) is 0 Å². The van der Waals surface area contributed by atoms with Crippen molar-refractivity contribution in [1.29, 1.82) is 0 Å². The first-order valence-corrected chi connectivity index (χ1v) is 15.9. The van der Waals surface area contributed by atoms with Crippen LogP contribution >= 0.6 is 8.69 Å². The summed E-state index contributed by atoms with van der Waals surface area (Å²) in [5.74, 6) is -0.624. The quantitative estimate of drug-likeness (QED) is 0.0573. The number of rotatable bonds is 29. The van der Waals surface area contributed by atoms with E-state index in [1.807, 2.05) is 0 Å². The van der Waals surface area contributed by atoms with Crippen LogP contribution in [0.2, 0.25) is 0 Å². The lowest BCUT2D eigenvalue weighted by Crippen LogP contribution is -2.28. The van der Waals surface area contributed by atoms with Crippen molar-refractivity contribution >= 4 is 20.6 Å². The Bertz CT molecular complexity index is 535. The first kappa shape index (κ1) is 36.0. The molecule has 0 saturated carbocycles. The highest BCUT2D eigenvalue weighted by Crippen LogP contribution is 2.13. The van der Waals surface area contributed by atoms with Crippen LogP contribution in [0.25, 0.3) is 0 Å². The summed E-state index contributed by atoms with van der Waals surface area (Å²) in [6.45, 7) is 2.90. The van der Waals surface area contributed by atoms with E-state index in [0.29, 0.717) is 12.8 Å². The van der Waals surface area contributed by atoms with Gasteiger partial charge >= 0.3 is 20.6 Å². The van der Waals surface area contributed by atoms with Crippen molar-refractivity contribution in [2.75, 3.05) is 19.8 Å². The van der Waals surface area contributed by atoms with E-state index in [1.165, 1.54) is 83.5 Å². The van der Waals surface area contributed by atoms with Gasteiger partial charge in [-0.25, -0.2) is 4.57 Å². The van der Waals surface area contributed by atoms with Crippen LogP contribution in [0.5, 0.6) is 0 Å². The lowest BCUT2D eigenvalue weighted by Gasteiger charge is -2.16. The molecule has 37 heavy (non-hydrogen) atoms. The number of carbonyl (C=O) groups excluding carboxylic acids is 2. The number of hydrogen-bond donors (Lipinski definition) is 1. The largest absolute Gasteiger partial charge is 0.462 e. The predicted octanol–water partition coefficient (Wildman–Crippen LogP) is 8.23. The van der Waals surface area contributed by atoms with Crippen molar-refractivity contribution in [3.05, 3.63) is 0 Å². The highest BCUT2D eigenvalue weighted by molar-refractivity contribution is 7.17. The van der Waals surface area contributed by atoms with Gasteiger partial charge in [-0.3, -0.25) is 14.1 Å². The average molecular weight is 546 g/mol. The highest BCUT2D eigenvalue weighted by atomic mass is 31.1. The van der Waals surface area contributed by atoms with Gasteiger partial charge in [0.05, 0.1) is 0 Å². The number of ether oxygens (including phenoxy) is 2. The molecule has 0 aromatic rings. The van der Waals surface area contributed by atoms with Crippen LogP contribution in [-0.4, -0.2) is 37.8 Å². The molecular weight excluding hydrogens is 489 g/mol. The second-order valence-corrected chi connectivity index (χ2v) is 10.6. The van der Waals surface area contributed by atoms with E-state index in [9.17, 15) is 14.2 Å². The summed E-state index contributed by atoms with van der Waals surface area (Å²) in [5, 5.41) is 0. The molecule has 0 heterocycles. The fourth-order valence-electron chi connectivity index (χ4n) is 4.32. The molecule has 2 N–H and O–H groups in total. The summed E-state index contributed by atoms with van der Waals surface area (Å²) < 4.78 is 26.2. The number of carbonyl (C=O) groups is 2. The van der Waals surface area contributed by atoms with Crippen LogP contribution in [0.1, 0.15) is 148 Å². The highest BCUT2D eigenvalue weighted by Gasteiger charge is 2.17. The number of hydrogen-bond acceptors (Lipinski definition) is 7. The fraction of sp³-hybridized carbons (Fsp3) is 0.931. The van der Waals surface area contributed by atoms with E-state index >= 15 is 0 Å². The maximum Gasteiger partial charge on any atom is 0.327 e. The molecule has 0 aliphatic carbocycles. The van der Waals surface area contributed by atoms with Gasteiger partial charge in [0.25, 0.3) is 0 Å². The maximum absolute atomic E-state index is 12.2. The van der Waals surface area contributed by atoms with Crippen molar-refractivity contribution in [3.63, 3.8) is 0 Å². The van der Waals surface area contributed by atoms with Crippen LogP contribution in [0.15, 0.2) is 0 Å². The van der Waals surface area contributed by atoms with Crippen LogP contribution in [0.4, 0.5) is 0 Å². The van der Waals surface area contributed by atoms with Crippen molar-refractivity contribution < 1.29 is 28.2 Å². The van der Waals surface area contributed by atoms with Crippen LogP contribution in [0, 0.1) is 0 Å². The molecule has 218 valence electrons. The van der Waals surface area contributed by atoms with Crippen LogP contribution in [0.3, 0.4) is 0 Å². The molecule has 1 atom stereocenters. The molecule has 0 fully saturated rings. The second-order valence-electron chi connectivity index (χ2n) is 10.2. The molecule has 0 spiro atoms. The Morgan fingerprint density at radius 2 is 1.05 bits per heavy atom. The summed E-state index contributed by atoms with van der Waals surface area (Å²) in [4.78, 5) is 24.2. The molecule has 0 aliphatic heterocycles. The van der Waals surface area contributed by atoms with E-state index in [1.54, 1.807) is 0 Å².